The van der Waals surface area contributed by atoms with E-state index in [2.05, 4.69) is 10.6 Å². The second kappa shape index (κ2) is 9.27. The van der Waals surface area contributed by atoms with Gasteiger partial charge in [0.05, 0.1) is 34.9 Å². The molecule has 0 aromatic heterocycles. The van der Waals surface area contributed by atoms with Gasteiger partial charge in [-0.15, -0.1) is 0 Å². The molecule has 0 saturated heterocycles. The predicted octanol–water partition coefficient (Wildman–Crippen LogP) is 3.50. The van der Waals surface area contributed by atoms with E-state index in [1.54, 1.807) is 31.2 Å². The molecule has 1 atom stereocenters. The number of amides is 2. The number of carbonyl (C=O) groups excluding carboxylic acids is 2. The molecule has 1 unspecified atom stereocenters. The Morgan fingerprint density at radius 1 is 1.23 bits per heavy atom. The number of esters is 1. The van der Waals surface area contributed by atoms with E-state index in [4.69, 9.17) is 21.1 Å². The Morgan fingerprint density at radius 3 is 2.63 bits per heavy atom. The molecule has 156 valence electrons. The molecule has 9 nitrogen and oxygen atoms in total. The van der Waals surface area contributed by atoms with Gasteiger partial charge in [0.15, 0.2) is 0 Å². The second-order valence-corrected chi connectivity index (χ2v) is 6.68. The summed E-state index contributed by atoms with van der Waals surface area (Å²) >= 11 is 5.94. The summed E-state index contributed by atoms with van der Waals surface area (Å²) in [6.07, 6.45) is 0. The Morgan fingerprint density at radius 2 is 1.97 bits per heavy atom. The van der Waals surface area contributed by atoms with Crippen molar-refractivity contribution in [2.24, 2.45) is 0 Å². The topological polar surface area (TPSA) is 120 Å². The van der Waals surface area contributed by atoms with Crippen molar-refractivity contribution in [3.8, 4) is 5.75 Å². The number of rotatable bonds is 7. The van der Waals surface area contributed by atoms with Crippen molar-refractivity contribution >= 4 is 29.3 Å². The van der Waals surface area contributed by atoms with Crippen molar-refractivity contribution in [3.05, 3.63) is 80.5 Å². The molecule has 2 amide bonds. The smallest absolute Gasteiger partial charge is 0.338 e. The van der Waals surface area contributed by atoms with Crippen molar-refractivity contribution in [1.82, 2.24) is 10.6 Å². The Labute approximate surface area is 176 Å². The standard InChI is InChI=1S/C20H18ClN3O6/c1-2-29-19(25)17-16(11-30-15-5-3-4-14(10-15)24(27)28)22-20(26)23-18(17)12-6-8-13(21)9-7-12/h3-10,18H,2,11H2,1H3,(H2,22,23,26). The number of ether oxygens (including phenoxy) is 2. The van der Waals surface area contributed by atoms with Gasteiger partial charge in [-0.1, -0.05) is 29.8 Å². The quantitative estimate of drug-likeness (QED) is 0.393. The fourth-order valence-electron chi connectivity index (χ4n) is 2.93. The first kappa shape index (κ1) is 21.1. The summed E-state index contributed by atoms with van der Waals surface area (Å²) in [6, 6.07) is 11.0. The zero-order chi connectivity index (χ0) is 21.7. The molecule has 0 aliphatic carbocycles. The largest absolute Gasteiger partial charge is 0.487 e. The van der Waals surface area contributed by atoms with Crippen LogP contribution in [-0.2, 0) is 9.53 Å². The normalized spacial score (nSPS) is 15.8. The van der Waals surface area contributed by atoms with Gasteiger partial charge < -0.3 is 20.1 Å². The van der Waals surface area contributed by atoms with Crippen molar-refractivity contribution in [1.29, 1.82) is 0 Å². The molecule has 1 aliphatic rings. The van der Waals surface area contributed by atoms with Gasteiger partial charge in [0.2, 0.25) is 0 Å². The maximum Gasteiger partial charge on any atom is 0.338 e. The molecule has 0 spiro atoms. The van der Waals surface area contributed by atoms with E-state index < -0.39 is 23.0 Å². The van der Waals surface area contributed by atoms with Gasteiger partial charge in [0.25, 0.3) is 5.69 Å². The first-order valence-corrected chi connectivity index (χ1v) is 9.37. The number of hydrogen-bond acceptors (Lipinski definition) is 6. The molecule has 1 heterocycles. The van der Waals surface area contributed by atoms with Crippen molar-refractivity contribution in [2.45, 2.75) is 13.0 Å². The number of hydrogen-bond donors (Lipinski definition) is 2. The molecule has 2 aromatic rings. The molecule has 0 radical (unpaired) electrons. The SMILES string of the molecule is CCOC(=O)C1=C(COc2cccc([N+](=O)[O-])c2)NC(=O)NC1c1ccc(Cl)cc1. The Bertz CT molecular complexity index is 1010. The van der Waals surface area contributed by atoms with Gasteiger partial charge in [0, 0.05) is 11.1 Å². The number of halogens is 1. The van der Waals surface area contributed by atoms with Gasteiger partial charge >= 0.3 is 12.0 Å². The third kappa shape index (κ3) is 4.87. The number of nitro benzene ring substituents is 1. The maximum absolute atomic E-state index is 12.7. The highest BCUT2D eigenvalue weighted by Crippen LogP contribution is 2.29. The Balaban J connectivity index is 1.95. The van der Waals surface area contributed by atoms with E-state index in [0.717, 1.165) is 0 Å². The minimum atomic E-state index is -0.779. The Hall–Kier alpha value is -3.59. The zero-order valence-corrected chi connectivity index (χ0v) is 16.6. The number of benzene rings is 2. The highest BCUT2D eigenvalue weighted by atomic mass is 35.5. The van der Waals surface area contributed by atoms with Crippen molar-refractivity contribution in [2.75, 3.05) is 13.2 Å². The monoisotopic (exact) mass is 431 g/mol. The molecule has 0 bridgehead atoms. The van der Waals surface area contributed by atoms with Crippen LogP contribution >= 0.6 is 11.6 Å². The van der Waals surface area contributed by atoms with Crippen LogP contribution in [-0.4, -0.2) is 30.1 Å². The number of non-ortho nitro benzene ring substituents is 1. The van der Waals surface area contributed by atoms with Crippen LogP contribution in [0.5, 0.6) is 5.75 Å². The molecule has 3 rings (SSSR count). The molecule has 2 N–H and O–H groups in total. The van der Waals surface area contributed by atoms with Gasteiger partial charge in [-0.2, -0.15) is 0 Å². The zero-order valence-electron chi connectivity index (χ0n) is 15.9. The summed E-state index contributed by atoms with van der Waals surface area (Å²) in [7, 11) is 0. The minimum absolute atomic E-state index is 0.138. The molecule has 30 heavy (non-hydrogen) atoms. The van der Waals surface area contributed by atoms with Gasteiger partial charge in [-0.05, 0) is 30.7 Å². The molecular formula is C20H18ClN3O6. The van der Waals surface area contributed by atoms with E-state index in [9.17, 15) is 19.7 Å². The van der Waals surface area contributed by atoms with E-state index in [0.29, 0.717) is 10.6 Å². The highest BCUT2D eigenvalue weighted by molar-refractivity contribution is 6.30. The first-order chi connectivity index (χ1) is 14.4. The lowest BCUT2D eigenvalue weighted by Gasteiger charge is -2.29. The van der Waals surface area contributed by atoms with Crippen LogP contribution in [0.4, 0.5) is 10.5 Å². The average Bonchev–Trinajstić information content (AvgIpc) is 2.72. The number of nitrogens with zero attached hydrogens (tertiary/aromatic N) is 1. The molecule has 0 saturated carbocycles. The fourth-order valence-corrected chi connectivity index (χ4v) is 3.06. The summed E-state index contributed by atoms with van der Waals surface area (Å²) in [5.41, 5.74) is 0.860. The molecule has 10 heteroatoms. The third-order valence-electron chi connectivity index (χ3n) is 4.26. The van der Waals surface area contributed by atoms with E-state index in [1.165, 1.54) is 24.3 Å². The minimum Gasteiger partial charge on any atom is -0.487 e. The number of nitro groups is 1. The van der Waals surface area contributed by atoms with Crippen LogP contribution in [0.3, 0.4) is 0 Å². The van der Waals surface area contributed by atoms with Crippen LogP contribution in [0.15, 0.2) is 59.8 Å². The summed E-state index contributed by atoms with van der Waals surface area (Å²) in [4.78, 5) is 35.3. The lowest BCUT2D eigenvalue weighted by molar-refractivity contribution is -0.384. The van der Waals surface area contributed by atoms with Gasteiger partial charge in [-0.25, -0.2) is 9.59 Å². The van der Waals surface area contributed by atoms with Crippen LogP contribution in [0, 0.1) is 10.1 Å². The lowest BCUT2D eigenvalue weighted by Crippen LogP contribution is -2.47. The maximum atomic E-state index is 12.7. The summed E-state index contributed by atoms with van der Waals surface area (Å²) in [6.45, 7) is 1.61. The van der Waals surface area contributed by atoms with Gasteiger partial charge in [-0.3, -0.25) is 10.1 Å². The van der Waals surface area contributed by atoms with E-state index in [-0.39, 0.29) is 35.9 Å². The number of urea groups is 1. The van der Waals surface area contributed by atoms with E-state index in [1.807, 2.05) is 0 Å². The van der Waals surface area contributed by atoms with E-state index >= 15 is 0 Å². The average molecular weight is 432 g/mol. The van der Waals surface area contributed by atoms with Crippen LogP contribution in [0.1, 0.15) is 18.5 Å². The fraction of sp³-hybridized carbons (Fsp3) is 0.200. The predicted molar refractivity (Wildman–Crippen MR) is 108 cm³/mol. The summed E-state index contributed by atoms with van der Waals surface area (Å²) in [5, 5.41) is 16.7. The van der Waals surface area contributed by atoms with Crippen LogP contribution < -0.4 is 15.4 Å². The summed E-state index contributed by atoms with van der Waals surface area (Å²) in [5.74, 6) is -0.404. The number of nitrogens with one attached hydrogen (secondary N) is 2. The molecule has 0 fully saturated rings. The first-order valence-electron chi connectivity index (χ1n) is 8.99. The van der Waals surface area contributed by atoms with Crippen molar-refractivity contribution < 1.29 is 24.0 Å². The highest BCUT2D eigenvalue weighted by Gasteiger charge is 2.34. The number of carbonyl (C=O) groups is 2. The Kier molecular flexibility index (Phi) is 6.53. The van der Waals surface area contributed by atoms with Crippen molar-refractivity contribution in [3.63, 3.8) is 0 Å². The molecule has 2 aromatic carbocycles. The lowest BCUT2D eigenvalue weighted by atomic mass is 9.95. The van der Waals surface area contributed by atoms with Gasteiger partial charge in [0.1, 0.15) is 12.4 Å². The van der Waals surface area contributed by atoms with Crippen LogP contribution in [0.25, 0.3) is 0 Å². The second-order valence-electron chi connectivity index (χ2n) is 6.24. The van der Waals surface area contributed by atoms with Crippen LogP contribution in [0.2, 0.25) is 5.02 Å². The summed E-state index contributed by atoms with van der Waals surface area (Å²) < 4.78 is 10.8. The molecule has 1 aliphatic heterocycles. The molecular weight excluding hydrogens is 414 g/mol. The third-order valence-corrected chi connectivity index (χ3v) is 4.52.